The first kappa shape index (κ1) is 20.5. The number of nitrogens with zero attached hydrogens (tertiary/aromatic N) is 1. The Kier molecular flexibility index (Phi) is 6.83. The molecule has 28 heavy (non-hydrogen) atoms. The first-order valence-corrected chi connectivity index (χ1v) is 10.5. The fourth-order valence-electron chi connectivity index (χ4n) is 4.35. The summed E-state index contributed by atoms with van der Waals surface area (Å²) in [7, 11) is 2.26. The minimum absolute atomic E-state index is 0.250. The van der Waals surface area contributed by atoms with E-state index in [2.05, 4.69) is 40.2 Å². The number of nitrogens with one attached hydrogen (secondary N) is 2. The van der Waals surface area contributed by atoms with Crippen LogP contribution in [0.2, 0.25) is 0 Å². The summed E-state index contributed by atoms with van der Waals surface area (Å²) in [6.07, 6.45) is 5.05. The van der Waals surface area contributed by atoms with Crippen molar-refractivity contribution in [1.29, 1.82) is 5.41 Å². The second kappa shape index (κ2) is 9.32. The van der Waals surface area contributed by atoms with Crippen LogP contribution in [-0.4, -0.2) is 53.9 Å². The van der Waals surface area contributed by atoms with Crippen molar-refractivity contribution in [3.63, 3.8) is 0 Å². The number of carbonyl (C=O) groups is 1. The highest BCUT2D eigenvalue weighted by Crippen LogP contribution is 2.34. The third-order valence-electron chi connectivity index (χ3n) is 5.90. The molecule has 5 N–H and O–H groups in total. The van der Waals surface area contributed by atoms with Gasteiger partial charge in [-0.3, -0.25) is 4.79 Å². The van der Waals surface area contributed by atoms with Crippen molar-refractivity contribution in [3.05, 3.63) is 40.6 Å². The van der Waals surface area contributed by atoms with E-state index in [1.54, 1.807) is 11.3 Å². The number of thiophene rings is 1. The quantitative estimate of drug-likeness (QED) is 0.350. The van der Waals surface area contributed by atoms with E-state index >= 15 is 0 Å². The Morgan fingerprint density at radius 3 is 2.61 bits per heavy atom. The van der Waals surface area contributed by atoms with Gasteiger partial charge in [0.15, 0.2) is 0 Å². The molecule has 0 saturated carbocycles. The molecular formula is C21H28N4O2S. The smallest absolute Gasteiger partial charge is 0.290 e. The lowest BCUT2D eigenvalue weighted by Crippen LogP contribution is -2.48. The number of hydrogen-bond acceptors (Lipinski definition) is 6. The summed E-state index contributed by atoms with van der Waals surface area (Å²) in [5.74, 6) is 0. The average Bonchev–Trinajstić information content (AvgIpc) is 3.27. The second-order valence-corrected chi connectivity index (χ2v) is 8.28. The van der Waals surface area contributed by atoms with Crippen LogP contribution >= 0.6 is 11.3 Å². The van der Waals surface area contributed by atoms with Gasteiger partial charge < -0.3 is 26.5 Å². The van der Waals surface area contributed by atoms with Crippen molar-refractivity contribution in [1.82, 2.24) is 10.2 Å². The molecule has 0 spiro atoms. The molecule has 2 aliphatic heterocycles. The number of fused-ring (bicyclic) bond motifs is 2. The topological polar surface area (TPSA) is 102 Å². The van der Waals surface area contributed by atoms with Crippen LogP contribution in [0.4, 0.5) is 5.69 Å². The van der Waals surface area contributed by atoms with Gasteiger partial charge in [-0.05, 0) is 72.8 Å². The van der Waals surface area contributed by atoms with Crippen molar-refractivity contribution in [3.8, 4) is 11.1 Å². The Labute approximate surface area is 169 Å². The first-order chi connectivity index (χ1) is 13.5. The zero-order valence-corrected chi connectivity index (χ0v) is 16.9. The predicted octanol–water partition coefficient (Wildman–Crippen LogP) is 3.28. The van der Waals surface area contributed by atoms with Crippen molar-refractivity contribution in [2.45, 2.75) is 43.8 Å². The maximum absolute atomic E-state index is 8.52. The van der Waals surface area contributed by atoms with Gasteiger partial charge in [0.1, 0.15) is 0 Å². The lowest BCUT2D eigenvalue weighted by Gasteiger charge is -2.36. The average molecular weight is 401 g/mol. The molecule has 0 radical (unpaired) electrons. The highest BCUT2D eigenvalue weighted by atomic mass is 32.1. The maximum Gasteiger partial charge on any atom is 0.290 e. The van der Waals surface area contributed by atoms with E-state index in [1.165, 1.54) is 31.2 Å². The number of benzene rings is 1. The van der Waals surface area contributed by atoms with E-state index in [1.807, 2.05) is 12.1 Å². The molecule has 1 aromatic carbocycles. The van der Waals surface area contributed by atoms with Gasteiger partial charge in [-0.1, -0.05) is 6.07 Å². The van der Waals surface area contributed by atoms with Gasteiger partial charge in [0.25, 0.3) is 6.47 Å². The maximum atomic E-state index is 8.52. The predicted molar refractivity (Wildman–Crippen MR) is 115 cm³/mol. The molecule has 150 valence electrons. The SMILES string of the molecule is CN1C2CCC1CC(NCC(=N)c1cc(-c3ccsc3)ccc1N)C2.O=CO. The normalized spacial score (nSPS) is 23.7. The Balaban J connectivity index is 0.000000706. The van der Waals surface area contributed by atoms with Gasteiger partial charge >= 0.3 is 0 Å². The minimum atomic E-state index is -0.250. The summed E-state index contributed by atoms with van der Waals surface area (Å²) >= 11 is 1.69. The van der Waals surface area contributed by atoms with E-state index in [9.17, 15) is 0 Å². The van der Waals surface area contributed by atoms with Crippen molar-refractivity contribution in [2.75, 3.05) is 19.3 Å². The summed E-state index contributed by atoms with van der Waals surface area (Å²) in [6.45, 7) is 0.338. The number of rotatable bonds is 5. The van der Waals surface area contributed by atoms with Gasteiger partial charge in [-0.2, -0.15) is 11.3 Å². The highest BCUT2D eigenvalue weighted by molar-refractivity contribution is 7.08. The van der Waals surface area contributed by atoms with Crippen LogP contribution in [0.5, 0.6) is 0 Å². The fraction of sp³-hybridized carbons (Fsp3) is 0.429. The van der Waals surface area contributed by atoms with Crippen LogP contribution < -0.4 is 11.1 Å². The molecule has 2 atom stereocenters. The molecular weight excluding hydrogens is 372 g/mol. The molecule has 0 amide bonds. The Morgan fingerprint density at radius 1 is 1.32 bits per heavy atom. The number of hydrogen-bond donors (Lipinski definition) is 4. The molecule has 1 aromatic heterocycles. The summed E-state index contributed by atoms with van der Waals surface area (Å²) in [6, 6.07) is 10.1. The molecule has 6 nitrogen and oxygen atoms in total. The molecule has 2 aliphatic rings. The van der Waals surface area contributed by atoms with E-state index in [4.69, 9.17) is 21.0 Å². The van der Waals surface area contributed by atoms with Gasteiger partial charge in [0.05, 0.1) is 5.71 Å². The first-order valence-electron chi connectivity index (χ1n) is 9.56. The van der Waals surface area contributed by atoms with E-state index < -0.39 is 0 Å². The molecule has 2 saturated heterocycles. The number of nitrogen functional groups attached to an aromatic ring is 1. The molecule has 2 bridgehead atoms. The monoisotopic (exact) mass is 400 g/mol. The largest absolute Gasteiger partial charge is 0.483 e. The zero-order valence-electron chi connectivity index (χ0n) is 16.1. The van der Waals surface area contributed by atoms with E-state index in [0.717, 1.165) is 23.2 Å². The standard InChI is InChI=1S/C20H26N4S.CH2O2/c1-24-16-3-4-17(24)10-15(9-16)23-11-20(22)18-8-13(2-5-19(18)21)14-6-7-25-12-14;2-1-3/h2,5-8,12,15-17,22-23H,3-4,9-11,21H2,1H3;1H,(H,2,3). The molecule has 2 aromatic rings. The number of anilines is 1. The highest BCUT2D eigenvalue weighted by Gasteiger charge is 2.38. The summed E-state index contributed by atoms with van der Waals surface area (Å²) in [4.78, 5) is 10.9. The van der Waals surface area contributed by atoms with Crippen LogP contribution in [0, 0.1) is 5.41 Å². The van der Waals surface area contributed by atoms with E-state index in [-0.39, 0.29) is 6.47 Å². The Morgan fingerprint density at radius 2 is 2.00 bits per heavy atom. The number of piperidine rings is 1. The Bertz CT molecular complexity index is 795. The molecule has 7 heteroatoms. The van der Waals surface area contributed by atoms with Crippen molar-refractivity contribution >= 4 is 29.2 Å². The summed E-state index contributed by atoms with van der Waals surface area (Å²) < 4.78 is 0. The van der Waals surface area contributed by atoms with Gasteiger partial charge in [0.2, 0.25) is 0 Å². The van der Waals surface area contributed by atoms with Crippen LogP contribution in [0.1, 0.15) is 31.2 Å². The number of nitrogens with two attached hydrogens (primary N) is 1. The van der Waals surface area contributed by atoms with Gasteiger partial charge in [-0.25, -0.2) is 0 Å². The molecule has 0 aliphatic carbocycles. The second-order valence-electron chi connectivity index (χ2n) is 7.50. The van der Waals surface area contributed by atoms with E-state index in [0.29, 0.717) is 24.0 Å². The van der Waals surface area contributed by atoms with Crippen LogP contribution in [0.3, 0.4) is 0 Å². The van der Waals surface area contributed by atoms with Crippen LogP contribution in [-0.2, 0) is 4.79 Å². The zero-order chi connectivity index (χ0) is 20.1. The van der Waals surface area contributed by atoms with Crippen LogP contribution in [0.15, 0.2) is 35.0 Å². The lowest BCUT2D eigenvalue weighted by atomic mass is 9.97. The molecule has 4 rings (SSSR count). The third-order valence-corrected chi connectivity index (χ3v) is 6.58. The third kappa shape index (κ3) is 4.60. The molecule has 2 fully saturated rings. The van der Waals surface area contributed by atoms with Crippen molar-refractivity contribution in [2.24, 2.45) is 0 Å². The molecule has 3 heterocycles. The van der Waals surface area contributed by atoms with Gasteiger partial charge in [-0.15, -0.1) is 0 Å². The molecule has 2 unspecified atom stereocenters. The van der Waals surface area contributed by atoms with Gasteiger partial charge in [0, 0.05) is 35.9 Å². The minimum Gasteiger partial charge on any atom is -0.483 e. The van der Waals surface area contributed by atoms with Crippen molar-refractivity contribution < 1.29 is 9.90 Å². The van der Waals surface area contributed by atoms with Crippen LogP contribution in [0.25, 0.3) is 11.1 Å². The summed E-state index contributed by atoms with van der Waals surface area (Å²) in [5, 5.41) is 23.2. The number of carboxylic acid groups (broad SMARTS) is 1. The summed E-state index contributed by atoms with van der Waals surface area (Å²) in [5.41, 5.74) is 10.6. The fourth-order valence-corrected chi connectivity index (χ4v) is 5.01. The lowest BCUT2D eigenvalue weighted by molar-refractivity contribution is -0.122. The Hall–Kier alpha value is -2.22.